The van der Waals surface area contributed by atoms with Crippen molar-refractivity contribution in [2.24, 2.45) is 0 Å². The molecule has 0 aliphatic rings. The Bertz CT molecular complexity index is 755. The van der Waals surface area contributed by atoms with Gasteiger partial charge < -0.3 is 9.55 Å². The second-order valence-electron chi connectivity index (χ2n) is 4.59. The number of rotatable bonds is 3. The van der Waals surface area contributed by atoms with Gasteiger partial charge in [0.25, 0.3) is 0 Å². The standard InChI is InChI=1S/C14H13FN2S2/c1-9(7-11-3-2-6-19-11)17-13-5-4-10(15)8-12(13)16-14(17)18/h2-6,8-9H,7H2,1H3,(H,16,18). The van der Waals surface area contributed by atoms with Gasteiger partial charge in [-0.05, 0) is 48.8 Å². The Morgan fingerprint density at radius 2 is 2.26 bits per heavy atom. The third-order valence-electron chi connectivity index (χ3n) is 3.20. The van der Waals surface area contributed by atoms with Gasteiger partial charge in [-0.1, -0.05) is 6.07 Å². The van der Waals surface area contributed by atoms with Crippen molar-refractivity contribution in [3.8, 4) is 0 Å². The molecule has 1 atom stereocenters. The van der Waals surface area contributed by atoms with E-state index >= 15 is 0 Å². The summed E-state index contributed by atoms with van der Waals surface area (Å²) in [4.78, 5) is 4.39. The maximum atomic E-state index is 13.2. The predicted molar refractivity (Wildman–Crippen MR) is 79.8 cm³/mol. The van der Waals surface area contributed by atoms with E-state index in [0.29, 0.717) is 4.77 Å². The zero-order chi connectivity index (χ0) is 13.4. The molecule has 0 radical (unpaired) electrons. The summed E-state index contributed by atoms with van der Waals surface area (Å²) in [6, 6.07) is 9.15. The predicted octanol–water partition coefficient (Wildman–Crippen LogP) is 4.70. The minimum Gasteiger partial charge on any atom is -0.330 e. The number of hydrogen-bond donors (Lipinski definition) is 1. The molecular weight excluding hydrogens is 279 g/mol. The van der Waals surface area contributed by atoms with E-state index in [1.165, 1.54) is 17.0 Å². The van der Waals surface area contributed by atoms with Crippen LogP contribution in [0, 0.1) is 10.6 Å². The van der Waals surface area contributed by atoms with Crippen LogP contribution in [0.15, 0.2) is 35.7 Å². The Labute approximate surface area is 119 Å². The summed E-state index contributed by atoms with van der Waals surface area (Å²) in [6.45, 7) is 2.13. The normalized spacial score (nSPS) is 12.9. The maximum absolute atomic E-state index is 13.2. The molecule has 2 aromatic heterocycles. The largest absolute Gasteiger partial charge is 0.330 e. The number of aromatic amines is 1. The Morgan fingerprint density at radius 1 is 1.42 bits per heavy atom. The highest BCUT2D eigenvalue weighted by Crippen LogP contribution is 2.24. The molecule has 1 N–H and O–H groups in total. The molecule has 5 heteroatoms. The molecule has 0 saturated carbocycles. The van der Waals surface area contributed by atoms with Gasteiger partial charge >= 0.3 is 0 Å². The van der Waals surface area contributed by atoms with E-state index in [9.17, 15) is 4.39 Å². The van der Waals surface area contributed by atoms with Gasteiger partial charge in [0.1, 0.15) is 5.82 Å². The van der Waals surface area contributed by atoms with Crippen LogP contribution in [0.25, 0.3) is 11.0 Å². The fourth-order valence-corrected chi connectivity index (χ4v) is 3.57. The highest BCUT2D eigenvalue weighted by molar-refractivity contribution is 7.71. The Kier molecular flexibility index (Phi) is 3.24. The molecule has 3 rings (SSSR count). The van der Waals surface area contributed by atoms with Crippen molar-refractivity contribution in [1.29, 1.82) is 0 Å². The van der Waals surface area contributed by atoms with Crippen LogP contribution in [-0.4, -0.2) is 9.55 Å². The van der Waals surface area contributed by atoms with E-state index in [2.05, 4.69) is 34.0 Å². The van der Waals surface area contributed by atoms with Crippen molar-refractivity contribution in [2.75, 3.05) is 0 Å². The molecule has 0 aliphatic carbocycles. The van der Waals surface area contributed by atoms with E-state index in [1.807, 2.05) is 0 Å². The smallest absolute Gasteiger partial charge is 0.178 e. The first-order valence-corrected chi connectivity index (χ1v) is 7.36. The first-order chi connectivity index (χ1) is 9.15. The molecule has 2 heterocycles. The quantitative estimate of drug-likeness (QED) is 0.694. The van der Waals surface area contributed by atoms with E-state index in [-0.39, 0.29) is 11.9 Å². The summed E-state index contributed by atoms with van der Waals surface area (Å²) in [5.74, 6) is -0.248. The minimum atomic E-state index is -0.248. The third kappa shape index (κ3) is 2.35. The van der Waals surface area contributed by atoms with Gasteiger partial charge in [-0.25, -0.2) is 4.39 Å². The van der Waals surface area contributed by atoms with Crippen molar-refractivity contribution in [1.82, 2.24) is 9.55 Å². The second-order valence-corrected chi connectivity index (χ2v) is 6.01. The van der Waals surface area contributed by atoms with Crippen molar-refractivity contribution >= 4 is 34.6 Å². The Hall–Kier alpha value is -1.46. The molecule has 2 nitrogen and oxygen atoms in total. The topological polar surface area (TPSA) is 20.7 Å². The number of benzene rings is 1. The summed E-state index contributed by atoms with van der Waals surface area (Å²) in [5, 5.41) is 2.08. The lowest BCUT2D eigenvalue weighted by Gasteiger charge is -2.13. The van der Waals surface area contributed by atoms with E-state index in [4.69, 9.17) is 12.2 Å². The molecule has 1 unspecified atom stereocenters. The highest BCUT2D eigenvalue weighted by atomic mass is 32.1. The van der Waals surface area contributed by atoms with E-state index in [1.54, 1.807) is 17.4 Å². The Balaban J connectivity index is 2.04. The molecule has 0 fully saturated rings. The molecule has 0 bridgehead atoms. The van der Waals surface area contributed by atoms with Crippen molar-refractivity contribution in [3.05, 3.63) is 51.2 Å². The molecule has 0 saturated heterocycles. The lowest BCUT2D eigenvalue weighted by atomic mass is 10.2. The van der Waals surface area contributed by atoms with Crippen LogP contribution in [0.5, 0.6) is 0 Å². The molecular formula is C14H13FN2S2. The third-order valence-corrected chi connectivity index (χ3v) is 4.39. The average Bonchev–Trinajstić information content (AvgIpc) is 2.95. The molecule has 1 aromatic carbocycles. The SMILES string of the molecule is CC(Cc1cccs1)n1c(=S)[nH]c2cc(F)ccc21. The molecule has 3 aromatic rings. The summed E-state index contributed by atoms with van der Waals surface area (Å²) >= 11 is 7.10. The van der Waals surface area contributed by atoms with Crippen LogP contribution in [0.1, 0.15) is 17.8 Å². The van der Waals surface area contributed by atoms with Gasteiger partial charge in [-0.15, -0.1) is 11.3 Å². The van der Waals surface area contributed by atoms with Gasteiger partial charge in [0, 0.05) is 17.3 Å². The molecule has 98 valence electrons. The number of thiophene rings is 1. The second kappa shape index (κ2) is 4.90. The first-order valence-electron chi connectivity index (χ1n) is 6.07. The van der Waals surface area contributed by atoms with Crippen LogP contribution >= 0.6 is 23.6 Å². The number of nitrogens with one attached hydrogen (secondary N) is 1. The fourth-order valence-electron chi connectivity index (χ4n) is 2.35. The van der Waals surface area contributed by atoms with Gasteiger partial charge in [-0.3, -0.25) is 0 Å². The van der Waals surface area contributed by atoms with E-state index in [0.717, 1.165) is 17.5 Å². The zero-order valence-corrected chi connectivity index (χ0v) is 12.0. The lowest BCUT2D eigenvalue weighted by molar-refractivity contribution is 0.557. The van der Waals surface area contributed by atoms with Gasteiger partial charge in [0.05, 0.1) is 11.0 Å². The van der Waals surface area contributed by atoms with Crippen LogP contribution in [0.3, 0.4) is 0 Å². The first kappa shape index (κ1) is 12.6. The van der Waals surface area contributed by atoms with Crippen LogP contribution < -0.4 is 0 Å². The minimum absolute atomic E-state index is 0.241. The Morgan fingerprint density at radius 3 is 3.00 bits per heavy atom. The number of H-pyrrole nitrogens is 1. The number of aromatic nitrogens is 2. The van der Waals surface area contributed by atoms with Crippen LogP contribution in [0.4, 0.5) is 4.39 Å². The van der Waals surface area contributed by atoms with Gasteiger partial charge in [-0.2, -0.15) is 0 Å². The number of imidazole rings is 1. The number of fused-ring (bicyclic) bond motifs is 1. The molecule has 0 spiro atoms. The highest BCUT2D eigenvalue weighted by Gasteiger charge is 2.12. The van der Waals surface area contributed by atoms with Crippen molar-refractivity contribution in [3.63, 3.8) is 0 Å². The van der Waals surface area contributed by atoms with Crippen LogP contribution in [-0.2, 0) is 6.42 Å². The maximum Gasteiger partial charge on any atom is 0.178 e. The van der Waals surface area contributed by atoms with Gasteiger partial charge in [0.2, 0.25) is 0 Å². The zero-order valence-electron chi connectivity index (χ0n) is 10.4. The molecule has 0 amide bonds. The fraction of sp³-hybridized carbons (Fsp3) is 0.214. The van der Waals surface area contributed by atoms with Crippen molar-refractivity contribution < 1.29 is 4.39 Å². The molecule has 0 aliphatic heterocycles. The molecule has 19 heavy (non-hydrogen) atoms. The summed E-state index contributed by atoms with van der Waals surface area (Å²) in [7, 11) is 0. The number of hydrogen-bond acceptors (Lipinski definition) is 2. The van der Waals surface area contributed by atoms with Crippen LogP contribution in [0.2, 0.25) is 0 Å². The average molecular weight is 292 g/mol. The van der Waals surface area contributed by atoms with E-state index < -0.39 is 0 Å². The number of halogens is 1. The van der Waals surface area contributed by atoms with Crippen molar-refractivity contribution in [2.45, 2.75) is 19.4 Å². The lowest BCUT2D eigenvalue weighted by Crippen LogP contribution is -2.07. The summed E-state index contributed by atoms with van der Waals surface area (Å²) in [5.41, 5.74) is 1.71. The van der Waals surface area contributed by atoms with Gasteiger partial charge in [0.15, 0.2) is 4.77 Å². The summed E-state index contributed by atoms with van der Waals surface area (Å²) in [6.07, 6.45) is 0.927. The number of nitrogens with zero attached hydrogens (tertiary/aromatic N) is 1. The summed E-state index contributed by atoms with van der Waals surface area (Å²) < 4.78 is 15.9. The monoisotopic (exact) mass is 292 g/mol.